The van der Waals surface area contributed by atoms with Crippen LogP contribution in [0.3, 0.4) is 0 Å². The van der Waals surface area contributed by atoms with Crippen molar-refractivity contribution in [1.82, 2.24) is 4.90 Å². The lowest BCUT2D eigenvalue weighted by Crippen LogP contribution is -2.24. The van der Waals surface area contributed by atoms with E-state index in [0.29, 0.717) is 18.7 Å². The summed E-state index contributed by atoms with van der Waals surface area (Å²) in [5.74, 6) is 0.495. The van der Waals surface area contributed by atoms with Crippen LogP contribution >= 0.6 is 0 Å². The third kappa shape index (κ3) is 3.43. The van der Waals surface area contributed by atoms with E-state index in [-0.39, 0.29) is 5.82 Å². The minimum absolute atomic E-state index is 0.332. The summed E-state index contributed by atoms with van der Waals surface area (Å²) >= 11 is 0. The van der Waals surface area contributed by atoms with Gasteiger partial charge in [0.15, 0.2) is 0 Å². The molecule has 1 atom stereocenters. The van der Waals surface area contributed by atoms with Gasteiger partial charge in [-0.25, -0.2) is 4.39 Å². The highest BCUT2D eigenvalue weighted by Crippen LogP contribution is 2.19. The van der Waals surface area contributed by atoms with Crippen molar-refractivity contribution in [3.63, 3.8) is 0 Å². The first-order chi connectivity index (χ1) is 9.08. The number of aliphatic hydroxyl groups is 1. The second-order valence-electron chi connectivity index (χ2n) is 4.74. The van der Waals surface area contributed by atoms with Crippen molar-refractivity contribution >= 4 is 0 Å². The largest absolute Gasteiger partial charge is 0.469 e. The summed E-state index contributed by atoms with van der Waals surface area (Å²) in [7, 11) is 1.89. The van der Waals surface area contributed by atoms with Gasteiger partial charge in [-0.15, -0.1) is 0 Å². The second kappa shape index (κ2) is 5.99. The van der Waals surface area contributed by atoms with E-state index in [4.69, 9.17) is 4.42 Å². The molecule has 0 aliphatic heterocycles. The van der Waals surface area contributed by atoms with E-state index in [0.717, 1.165) is 11.3 Å². The van der Waals surface area contributed by atoms with Crippen LogP contribution in [0.25, 0.3) is 0 Å². The Hall–Kier alpha value is -1.65. The second-order valence-corrected chi connectivity index (χ2v) is 4.74. The Balaban J connectivity index is 1.97. The van der Waals surface area contributed by atoms with Gasteiger partial charge in [-0.3, -0.25) is 4.90 Å². The summed E-state index contributed by atoms with van der Waals surface area (Å²) in [5, 5.41) is 10.1. The minimum Gasteiger partial charge on any atom is -0.469 e. The molecule has 0 amide bonds. The van der Waals surface area contributed by atoms with Gasteiger partial charge in [0, 0.05) is 24.2 Å². The van der Waals surface area contributed by atoms with Crippen molar-refractivity contribution in [3.8, 4) is 0 Å². The molecule has 1 heterocycles. The average Bonchev–Trinajstić information content (AvgIpc) is 2.75. The molecular weight excluding hydrogens is 245 g/mol. The predicted octanol–water partition coefficient (Wildman–Crippen LogP) is 2.89. The number of rotatable bonds is 5. The molecule has 1 aromatic carbocycles. The molecule has 0 saturated carbocycles. The molecule has 2 aromatic rings. The number of furan rings is 1. The Morgan fingerprint density at radius 1 is 1.32 bits per heavy atom. The standard InChI is InChI=1S/C15H18FNO2/c1-11-12(7-8-19-11)9-17(2)10-15(18)13-5-3-4-6-14(13)16/h3-8,15,18H,9-10H2,1-2H3. The summed E-state index contributed by atoms with van der Waals surface area (Å²) in [6, 6.07) is 8.21. The lowest BCUT2D eigenvalue weighted by atomic mass is 10.1. The topological polar surface area (TPSA) is 36.6 Å². The molecule has 1 N–H and O–H groups in total. The van der Waals surface area contributed by atoms with Crippen molar-refractivity contribution < 1.29 is 13.9 Å². The van der Waals surface area contributed by atoms with Crippen LogP contribution in [0.2, 0.25) is 0 Å². The predicted molar refractivity (Wildman–Crippen MR) is 71.1 cm³/mol. The van der Waals surface area contributed by atoms with E-state index in [9.17, 15) is 9.50 Å². The quantitative estimate of drug-likeness (QED) is 0.901. The van der Waals surface area contributed by atoms with Crippen LogP contribution in [0.15, 0.2) is 41.0 Å². The van der Waals surface area contributed by atoms with E-state index in [1.165, 1.54) is 6.07 Å². The SMILES string of the molecule is Cc1occc1CN(C)CC(O)c1ccccc1F. The third-order valence-corrected chi connectivity index (χ3v) is 3.16. The average molecular weight is 263 g/mol. The van der Waals surface area contributed by atoms with Gasteiger partial charge in [-0.05, 0) is 26.1 Å². The normalized spacial score (nSPS) is 12.9. The number of halogens is 1. The van der Waals surface area contributed by atoms with Gasteiger partial charge in [0.1, 0.15) is 11.6 Å². The highest BCUT2D eigenvalue weighted by molar-refractivity contribution is 5.20. The molecule has 1 aromatic heterocycles. The van der Waals surface area contributed by atoms with Crippen LogP contribution in [0.4, 0.5) is 4.39 Å². The number of hydrogen-bond acceptors (Lipinski definition) is 3. The van der Waals surface area contributed by atoms with E-state index >= 15 is 0 Å². The lowest BCUT2D eigenvalue weighted by molar-refractivity contribution is 0.120. The molecule has 2 rings (SSSR count). The molecule has 0 bridgehead atoms. The van der Waals surface area contributed by atoms with E-state index in [1.54, 1.807) is 24.5 Å². The van der Waals surface area contributed by atoms with Gasteiger partial charge in [-0.1, -0.05) is 18.2 Å². The molecule has 0 spiro atoms. The molecule has 4 heteroatoms. The van der Waals surface area contributed by atoms with E-state index in [2.05, 4.69) is 0 Å². The summed E-state index contributed by atoms with van der Waals surface area (Å²) in [5.41, 5.74) is 1.40. The van der Waals surface area contributed by atoms with E-state index < -0.39 is 6.10 Å². The van der Waals surface area contributed by atoms with Crippen LogP contribution in [-0.2, 0) is 6.54 Å². The molecular formula is C15H18FNO2. The van der Waals surface area contributed by atoms with Crippen molar-refractivity contribution in [2.75, 3.05) is 13.6 Å². The fraction of sp³-hybridized carbons (Fsp3) is 0.333. The molecule has 3 nitrogen and oxygen atoms in total. The first kappa shape index (κ1) is 13.8. The maximum Gasteiger partial charge on any atom is 0.129 e. The summed E-state index contributed by atoms with van der Waals surface area (Å²) in [6.07, 6.45) is 0.810. The molecule has 0 aliphatic carbocycles. The number of aryl methyl sites for hydroxylation is 1. The van der Waals surface area contributed by atoms with Gasteiger partial charge < -0.3 is 9.52 Å². The highest BCUT2D eigenvalue weighted by atomic mass is 19.1. The maximum atomic E-state index is 13.5. The van der Waals surface area contributed by atoms with Crippen molar-refractivity contribution in [2.24, 2.45) is 0 Å². The summed E-state index contributed by atoms with van der Waals surface area (Å²) in [4.78, 5) is 1.94. The Kier molecular flexibility index (Phi) is 4.35. The first-order valence-electron chi connectivity index (χ1n) is 6.22. The fourth-order valence-corrected chi connectivity index (χ4v) is 2.07. The molecule has 102 valence electrons. The first-order valence-corrected chi connectivity index (χ1v) is 6.22. The van der Waals surface area contributed by atoms with Crippen molar-refractivity contribution in [1.29, 1.82) is 0 Å². The van der Waals surface area contributed by atoms with Gasteiger partial charge in [0.05, 0.1) is 12.4 Å². The Morgan fingerprint density at radius 3 is 2.68 bits per heavy atom. The minimum atomic E-state index is -0.835. The lowest BCUT2D eigenvalue weighted by Gasteiger charge is -2.20. The molecule has 1 unspecified atom stereocenters. The number of likely N-dealkylation sites (N-methyl/N-ethyl adjacent to an activating group) is 1. The van der Waals surface area contributed by atoms with Crippen LogP contribution in [0.5, 0.6) is 0 Å². The molecule has 0 aliphatic rings. The zero-order chi connectivity index (χ0) is 13.8. The van der Waals surface area contributed by atoms with Gasteiger partial charge in [0.25, 0.3) is 0 Å². The van der Waals surface area contributed by atoms with Gasteiger partial charge in [-0.2, -0.15) is 0 Å². The number of nitrogens with zero attached hydrogens (tertiary/aromatic N) is 1. The van der Waals surface area contributed by atoms with Crippen LogP contribution in [0, 0.1) is 12.7 Å². The maximum absolute atomic E-state index is 13.5. The zero-order valence-electron chi connectivity index (χ0n) is 11.1. The summed E-state index contributed by atoms with van der Waals surface area (Å²) in [6.45, 7) is 2.93. The Morgan fingerprint density at radius 2 is 2.05 bits per heavy atom. The van der Waals surface area contributed by atoms with Crippen LogP contribution in [-0.4, -0.2) is 23.6 Å². The highest BCUT2D eigenvalue weighted by Gasteiger charge is 2.15. The van der Waals surface area contributed by atoms with E-state index in [1.807, 2.05) is 24.9 Å². The number of aliphatic hydroxyl groups excluding tert-OH is 1. The van der Waals surface area contributed by atoms with Crippen LogP contribution in [0.1, 0.15) is 23.0 Å². The van der Waals surface area contributed by atoms with Gasteiger partial charge >= 0.3 is 0 Å². The summed E-state index contributed by atoms with van der Waals surface area (Å²) < 4.78 is 18.8. The smallest absolute Gasteiger partial charge is 0.129 e. The monoisotopic (exact) mass is 263 g/mol. The van der Waals surface area contributed by atoms with Gasteiger partial charge in [0.2, 0.25) is 0 Å². The Labute approximate surface area is 112 Å². The number of hydrogen-bond donors (Lipinski definition) is 1. The molecule has 0 fully saturated rings. The number of benzene rings is 1. The van der Waals surface area contributed by atoms with Crippen molar-refractivity contribution in [2.45, 2.75) is 19.6 Å². The molecule has 0 saturated heterocycles. The zero-order valence-corrected chi connectivity index (χ0v) is 11.1. The molecule has 19 heavy (non-hydrogen) atoms. The molecule has 0 radical (unpaired) electrons. The Bertz CT molecular complexity index is 538. The third-order valence-electron chi connectivity index (χ3n) is 3.16. The van der Waals surface area contributed by atoms with Crippen molar-refractivity contribution in [3.05, 3.63) is 59.3 Å². The van der Waals surface area contributed by atoms with Crippen LogP contribution < -0.4 is 0 Å². The fourth-order valence-electron chi connectivity index (χ4n) is 2.07.